The van der Waals surface area contributed by atoms with Crippen LogP contribution in [0.3, 0.4) is 0 Å². The molecule has 0 atom stereocenters. The topological polar surface area (TPSA) is 54.9 Å². The van der Waals surface area contributed by atoms with Gasteiger partial charge in [-0.2, -0.15) is 0 Å². The number of anilines is 1. The second kappa shape index (κ2) is 8.49. The average Bonchev–Trinajstić information content (AvgIpc) is 3.13. The maximum atomic E-state index is 12.4. The molecule has 1 amide bonds. The van der Waals surface area contributed by atoms with Gasteiger partial charge in [0.2, 0.25) is 5.13 Å². The van der Waals surface area contributed by atoms with Gasteiger partial charge in [-0.15, -0.1) is 10.2 Å². The van der Waals surface area contributed by atoms with E-state index in [1.807, 2.05) is 12.1 Å². The van der Waals surface area contributed by atoms with E-state index >= 15 is 0 Å². The number of nitrogens with zero attached hydrogens (tertiary/aromatic N) is 2. The molecule has 0 radical (unpaired) electrons. The van der Waals surface area contributed by atoms with Crippen LogP contribution in [-0.4, -0.2) is 16.1 Å². The normalized spacial score (nSPS) is 10.9. The number of thioether (sulfide) groups is 1. The highest BCUT2D eigenvalue weighted by molar-refractivity contribution is 8.00. The number of rotatable bonds is 5. The zero-order valence-electron chi connectivity index (χ0n) is 14.4. The highest BCUT2D eigenvalue weighted by Crippen LogP contribution is 2.31. The lowest BCUT2D eigenvalue weighted by molar-refractivity contribution is 0.102. The summed E-state index contributed by atoms with van der Waals surface area (Å²) in [4.78, 5) is 12.4. The third-order valence-electron chi connectivity index (χ3n) is 4.03. The fraction of sp³-hybridized carbons (Fsp3) is 0.0500. The Morgan fingerprint density at radius 3 is 2.71 bits per heavy atom. The monoisotopic (exact) mass is 445 g/mol. The third kappa shape index (κ3) is 4.31. The smallest absolute Gasteiger partial charge is 0.259 e. The van der Waals surface area contributed by atoms with Gasteiger partial charge in [-0.3, -0.25) is 10.1 Å². The standard InChI is InChI=1S/C20H13Cl2N3OS2/c21-14-8-9-16(17(22)10-14)18(26)23-19-24-25-20(28-19)27-11-13-6-3-5-12-4-1-2-7-15(12)13/h1-10H,11H2,(H,23,24,26). The van der Waals surface area contributed by atoms with Gasteiger partial charge in [0.05, 0.1) is 10.6 Å². The SMILES string of the molecule is O=C(Nc1nnc(SCc2cccc3ccccc23)s1)c1ccc(Cl)cc1Cl. The van der Waals surface area contributed by atoms with Gasteiger partial charge >= 0.3 is 0 Å². The van der Waals surface area contributed by atoms with E-state index in [0.717, 1.165) is 10.1 Å². The van der Waals surface area contributed by atoms with Crippen molar-refractivity contribution < 1.29 is 4.79 Å². The number of nitrogens with one attached hydrogen (secondary N) is 1. The van der Waals surface area contributed by atoms with E-state index in [0.29, 0.717) is 20.7 Å². The maximum absolute atomic E-state index is 12.4. The van der Waals surface area contributed by atoms with Crippen LogP contribution in [0.5, 0.6) is 0 Å². The Kier molecular flexibility index (Phi) is 5.82. The third-order valence-corrected chi connectivity index (χ3v) is 6.60. The maximum Gasteiger partial charge on any atom is 0.259 e. The van der Waals surface area contributed by atoms with Crippen LogP contribution in [0.2, 0.25) is 10.0 Å². The van der Waals surface area contributed by atoms with Crippen molar-refractivity contribution in [1.82, 2.24) is 10.2 Å². The molecule has 140 valence electrons. The number of hydrogen-bond donors (Lipinski definition) is 1. The highest BCUT2D eigenvalue weighted by atomic mass is 35.5. The molecule has 0 saturated carbocycles. The fourth-order valence-corrected chi connectivity index (χ4v) is 4.96. The summed E-state index contributed by atoms with van der Waals surface area (Å²) in [5, 5.41) is 14.6. The van der Waals surface area contributed by atoms with Gasteiger partial charge in [0.1, 0.15) is 0 Å². The molecule has 1 heterocycles. The van der Waals surface area contributed by atoms with Crippen molar-refractivity contribution in [2.45, 2.75) is 10.1 Å². The summed E-state index contributed by atoms with van der Waals surface area (Å²) < 4.78 is 0.783. The van der Waals surface area contributed by atoms with Crippen LogP contribution in [0.15, 0.2) is 65.0 Å². The van der Waals surface area contributed by atoms with Gasteiger partial charge in [0.15, 0.2) is 4.34 Å². The van der Waals surface area contributed by atoms with E-state index in [4.69, 9.17) is 23.2 Å². The van der Waals surface area contributed by atoms with Crippen molar-refractivity contribution in [2.75, 3.05) is 5.32 Å². The highest BCUT2D eigenvalue weighted by Gasteiger charge is 2.14. The summed E-state index contributed by atoms with van der Waals surface area (Å²) in [7, 11) is 0. The minimum atomic E-state index is -0.344. The second-order valence-electron chi connectivity index (χ2n) is 5.88. The summed E-state index contributed by atoms with van der Waals surface area (Å²) in [6.45, 7) is 0. The van der Waals surface area contributed by atoms with E-state index < -0.39 is 0 Å². The Morgan fingerprint density at radius 1 is 1.04 bits per heavy atom. The van der Waals surface area contributed by atoms with Crippen LogP contribution in [-0.2, 0) is 5.75 Å². The molecule has 0 aliphatic carbocycles. The van der Waals surface area contributed by atoms with Crippen LogP contribution >= 0.6 is 46.3 Å². The molecule has 1 N–H and O–H groups in total. The van der Waals surface area contributed by atoms with Gasteiger partial charge in [-0.05, 0) is 34.5 Å². The Bertz CT molecular complexity index is 1160. The van der Waals surface area contributed by atoms with E-state index in [1.54, 1.807) is 23.9 Å². The van der Waals surface area contributed by atoms with Crippen molar-refractivity contribution in [3.8, 4) is 0 Å². The van der Waals surface area contributed by atoms with Crippen molar-refractivity contribution >= 4 is 68.1 Å². The molecule has 3 aromatic carbocycles. The minimum absolute atomic E-state index is 0.292. The van der Waals surface area contributed by atoms with Gasteiger partial charge in [-0.1, -0.05) is 88.8 Å². The van der Waals surface area contributed by atoms with Crippen molar-refractivity contribution in [3.63, 3.8) is 0 Å². The first-order valence-electron chi connectivity index (χ1n) is 8.29. The molecule has 4 rings (SSSR count). The second-order valence-corrected chi connectivity index (χ2v) is 8.92. The van der Waals surface area contributed by atoms with Crippen LogP contribution in [0.1, 0.15) is 15.9 Å². The molecule has 4 aromatic rings. The van der Waals surface area contributed by atoms with E-state index in [2.05, 4.69) is 45.8 Å². The van der Waals surface area contributed by atoms with Gasteiger partial charge in [-0.25, -0.2) is 0 Å². The molecular formula is C20H13Cl2N3OS2. The molecule has 0 aliphatic heterocycles. The predicted molar refractivity (Wildman–Crippen MR) is 118 cm³/mol. The number of benzene rings is 3. The number of carbonyl (C=O) groups is 1. The fourth-order valence-electron chi connectivity index (χ4n) is 2.71. The van der Waals surface area contributed by atoms with E-state index in [1.165, 1.54) is 33.7 Å². The Hall–Kier alpha value is -2.12. The number of halogens is 2. The molecule has 4 nitrogen and oxygen atoms in total. The van der Waals surface area contributed by atoms with E-state index in [-0.39, 0.29) is 5.91 Å². The molecule has 28 heavy (non-hydrogen) atoms. The molecule has 8 heteroatoms. The summed E-state index contributed by atoms with van der Waals surface area (Å²) in [5.74, 6) is 0.427. The van der Waals surface area contributed by atoms with Crippen LogP contribution in [0.4, 0.5) is 5.13 Å². The van der Waals surface area contributed by atoms with Gasteiger partial charge in [0.25, 0.3) is 5.91 Å². The summed E-state index contributed by atoms with van der Waals surface area (Å²) in [6.07, 6.45) is 0. The Morgan fingerprint density at radius 2 is 1.86 bits per heavy atom. The van der Waals surface area contributed by atoms with Crippen LogP contribution in [0.25, 0.3) is 10.8 Å². The Labute approximate surface area is 179 Å². The zero-order valence-corrected chi connectivity index (χ0v) is 17.5. The molecule has 0 fully saturated rings. The summed E-state index contributed by atoms with van der Waals surface area (Å²) in [6, 6.07) is 19.3. The molecule has 0 aliphatic rings. The largest absolute Gasteiger partial charge is 0.296 e. The molecular weight excluding hydrogens is 433 g/mol. The average molecular weight is 446 g/mol. The van der Waals surface area contributed by atoms with Crippen molar-refractivity contribution in [2.24, 2.45) is 0 Å². The molecule has 0 unspecified atom stereocenters. The molecule has 0 bridgehead atoms. The quantitative estimate of drug-likeness (QED) is 0.279. The first-order chi connectivity index (χ1) is 13.6. The number of aromatic nitrogens is 2. The lowest BCUT2D eigenvalue weighted by atomic mass is 10.1. The number of fused-ring (bicyclic) bond motifs is 1. The summed E-state index contributed by atoms with van der Waals surface area (Å²) in [5.41, 5.74) is 1.57. The van der Waals surface area contributed by atoms with Crippen LogP contribution in [0, 0.1) is 0 Å². The molecule has 0 spiro atoms. The van der Waals surface area contributed by atoms with Crippen LogP contribution < -0.4 is 5.32 Å². The first-order valence-corrected chi connectivity index (χ1v) is 10.9. The Balaban J connectivity index is 1.44. The van der Waals surface area contributed by atoms with Gasteiger partial charge < -0.3 is 0 Å². The molecule has 1 aromatic heterocycles. The number of hydrogen-bond acceptors (Lipinski definition) is 5. The van der Waals surface area contributed by atoms with Gasteiger partial charge in [0, 0.05) is 10.8 Å². The van der Waals surface area contributed by atoms with Crippen molar-refractivity contribution in [1.29, 1.82) is 0 Å². The lowest BCUT2D eigenvalue weighted by Gasteiger charge is -2.05. The predicted octanol–water partition coefficient (Wildman–Crippen LogP) is 6.54. The number of carbonyl (C=O) groups excluding carboxylic acids is 1. The number of amides is 1. The lowest BCUT2D eigenvalue weighted by Crippen LogP contribution is -2.12. The van der Waals surface area contributed by atoms with Crippen molar-refractivity contribution in [3.05, 3.63) is 81.8 Å². The zero-order chi connectivity index (χ0) is 19.5. The molecule has 0 saturated heterocycles. The first kappa shape index (κ1) is 19.2. The minimum Gasteiger partial charge on any atom is -0.296 e. The summed E-state index contributed by atoms with van der Waals surface area (Å²) >= 11 is 14.9. The van der Waals surface area contributed by atoms with E-state index in [9.17, 15) is 4.79 Å².